The quantitative estimate of drug-likeness (QED) is 0.390. The van der Waals surface area contributed by atoms with Crippen molar-refractivity contribution in [2.24, 2.45) is 11.8 Å². The molecule has 19 heavy (non-hydrogen) atoms. The summed E-state index contributed by atoms with van der Waals surface area (Å²) in [6.45, 7) is 2.26. The number of unbranched alkanes of at least 4 members (excludes halogenated alkanes) is 4. The molecule has 1 rings (SSSR count). The molecule has 1 aliphatic carbocycles. The Morgan fingerprint density at radius 1 is 0.947 bits per heavy atom. The number of hydrogen-bond donors (Lipinski definition) is 0. The lowest BCUT2D eigenvalue weighted by Gasteiger charge is -2.32. The maximum absolute atomic E-state index is 5.45. The fourth-order valence-electron chi connectivity index (χ4n) is 2.90. The summed E-state index contributed by atoms with van der Waals surface area (Å²) in [4.78, 5) is 0. The average Bonchev–Trinajstić information content (AvgIpc) is 3.27. The summed E-state index contributed by atoms with van der Waals surface area (Å²) in [7, 11) is 4.99. The molecule has 0 bridgehead atoms. The van der Waals surface area contributed by atoms with Gasteiger partial charge in [0.25, 0.3) is 5.97 Å². The lowest BCUT2D eigenvalue weighted by molar-refractivity contribution is -0.360. The van der Waals surface area contributed by atoms with Crippen LogP contribution in [-0.4, -0.2) is 27.3 Å². The van der Waals surface area contributed by atoms with E-state index >= 15 is 0 Å². The summed E-state index contributed by atoms with van der Waals surface area (Å²) in [5.41, 5.74) is 0. The molecular formula is C16H32O3. The monoisotopic (exact) mass is 272 g/mol. The Kier molecular flexibility index (Phi) is 7.96. The standard InChI is InChI=1S/C16H32O3/c1-5-6-7-8-9-10-15(14-11-12-14)13-16(17-2,18-3)19-4/h14-15H,5-13H2,1-4H3. The Bertz CT molecular complexity index is 214. The normalized spacial score (nSPS) is 17.7. The van der Waals surface area contributed by atoms with Crippen LogP contribution in [0.4, 0.5) is 0 Å². The molecular weight excluding hydrogens is 240 g/mol. The molecule has 0 saturated heterocycles. The highest BCUT2D eigenvalue weighted by Gasteiger charge is 2.39. The van der Waals surface area contributed by atoms with Gasteiger partial charge >= 0.3 is 0 Å². The van der Waals surface area contributed by atoms with E-state index in [2.05, 4.69) is 6.92 Å². The Morgan fingerprint density at radius 3 is 2.00 bits per heavy atom. The Morgan fingerprint density at radius 2 is 1.53 bits per heavy atom. The predicted molar refractivity (Wildman–Crippen MR) is 78.0 cm³/mol. The molecule has 0 aromatic heterocycles. The van der Waals surface area contributed by atoms with Gasteiger partial charge in [-0.05, 0) is 31.1 Å². The minimum Gasteiger partial charge on any atom is -0.331 e. The molecule has 114 valence electrons. The van der Waals surface area contributed by atoms with Gasteiger partial charge in [0.2, 0.25) is 0 Å². The molecule has 1 fully saturated rings. The molecule has 0 aromatic rings. The topological polar surface area (TPSA) is 27.7 Å². The molecule has 1 aliphatic rings. The van der Waals surface area contributed by atoms with Crippen molar-refractivity contribution in [2.75, 3.05) is 21.3 Å². The molecule has 1 atom stereocenters. The van der Waals surface area contributed by atoms with Crippen molar-refractivity contribution in [1.82, 2.24) is 0 Å². The van der Waals surface area contributed by atoms with Crippen LogP contribution in [0.3, 0.4) is 0 Å². The first-order valence-electron chi connectivity index (χ1n) is 7.86. The summed E-state index contributed by atoms with van der Waals surface area (Å²) in [6, 6.07) is 0. The van der Waals surface area contributed by atoms with E-state index in [9.17, 15) is 0 Å². The van der Waals surface area contributed by atoms with E-state index in [1.165, 1.54) is 51.4 Å². The van der Waals surface area contributed by atoms with Gasteiger partial charge in [-0.15, -0.1) is 0 Å². The van der Waals surface area contributed by atoms with Crippen LogP contribution in [-0.2, 0) is 14.2 Å². The van der Waals surface area contributed by atoms with Crippen LogP contribution in [0.2, 0.25) is 0 Å². The van der Waals surface area contributed by atoms with E-state index in [0.717, 1.165) is 12.3 Å². The minimum atomic E-state index is -0.837. The molecule has 0 radical (unpaired) electrons. The predicted octanol–water partition coefficient (Wildman–Crippen LogP) is 4.36. The zero-order valence-corrected chi connectivity index (χ0v) is 13.2. The number of rotatable bonds is 12. The summed E-state index contributed by atoms with van der Waals surface area (Å²) in [5.74, 6) is 0.712. The van der Waals surface area contributed by atoms with Crippen LogP contribution in [0.5, 0.6) is 0 Å². The Labute approximate surface area is 119 Å². The van der Waals surface area contributed by atoms with Gasteiger partial charge in [-0.2, -0.15) is 0 Å². The van der Waals surface area contributed by atoms with Gasteiger partial charge in [-0.25, -0.2) is 0 Å². The molecule has 0 aliphatic heterocycles. The van der Waals surface area contributed by atoms with Gasteiger partial charge in [0, 0.05) is 27.8 Å². The third kappa shape index (κ3) is 5.80. The summed E-state index contributed by atoms with van der Waals surface area (Å²) in [5, 5.41) is 0. The van der Waals surface area contributed by atoms with Crippen molar-refractivity contribution < 1.29 is 14.2 Å². The van der Waals surface area contributed by atoms with Crippen LogP contribution in [0.15, 0.2) is 0 Å². The van der Waals surface area contributed by atoms with Gasteiger partial charge in [-0.3, -0.25) is 0 Å². The van der Waals surface area contributed by atoms with E-state index < -0.39 is 5.97 Å². The fraction of sp³-hybridized carbons (Fsp3) is 1.00. The van der Waals surface area contributed by atoms with Crippen molar-refractivity contribution >= 4 is 0 Å². The maximum atomic E-state index is 5.45. The van der Waals surface area contributed by atoms with Gasteiger partial charge < -0.3 is 14.2 Å². The van der Waals surface area contributed by atoms with E-state index in [0.29, 0.717) is 5.92 Å². The zero-order chi connectivity index (χ0) is 14.1. The largest absolute Gasteiger partial charge is 0.331 e. The second kappa shape index (κ2) is 8.93. The number of hydrogen-bond acceptors (Lipinski definition) is 3. The Hall–Kier alpha value is -0.120. The molecule has 0 amide bonds. The first-order valence-corrected chi connectivity index (χ1v) is 7.86. The smallest absolute Gasteiger partial charge is 0.282 e. The van der Waals surface area contributed by atoms with Gasteiger partial charge in [0.05, 0.1) is 0 Å². The van der Waals surface area contributed by atoms with Crippen molar-refractivity contribution in [3.05, 3.63) is 0 Å². The van der Waals surface area contributed by atoms with E-state index in [1.54, 1.807) is 21.3 Å². The van der Waals surface area contributed by atoms with Crippen LogP contribution in [0, 0.1) is 11.8 Å². The van der Waals surface area contributed by atoms with Crippen LogP contribution < -0.4 is 0 Å². The molecule has 1 unspecified atom stereocenters. The van der Waals surface area contributed by atoms with Crippen molar-refractivity contribution in [2.45, 2.75) is 70.7 Å². The number of ether oxygens (including phenoxy) is 3. The maximum Gasteiger partial charge on any atom is 0.282 e. The fourth-order valence-corrected chi connectivity index (χ4v) is 2.90. The third-order valence-electron chi connectivity index (χ3n) is 4.41. The first kappa shape index (κ1) is 16.9. The molecule has 3 heteroatoms. The van der Waals surface area contributed by atoms with Gasteiger partial charge in [-0.1, -0.05) is 39.0 Å². The molecule has 0 N–H and O–H groups in total. The van der Waals surface area contributed by atoms with Crippen LogP contribution in [0.25, 0.3) is 0 Å². The second-order valence-corrected chi connectivity index (χ2v) is 5.80. The SMILES string of the molecule is CCCCCCCC(CC(OC)(OC)OC)C1CC1. The van der Waals surface area contributed by atoms with Crippen molar-refractivity contribution in [1.29, 1.82) is 0 Å². The van der Waals surface area contributed by atoms with Crippen molar-refractivity contribution in [3.8, 4) is 0 Å². The third-order valence-corrected chi connectivity index (χ3v) is 4.41. The summed E-state index contributed by atoms with van der Waals surface area (Å²) < 4.78 is 16.3. The molecule has 0 aromatic carbocycles. The number of methoxy groups -OCH3 is 3. The molecule has 3 nitrogen and oxygen atoms in total. The molecule has 1 saturated carbocycles. The van der Waals surface area contributed by atoms with Gasteiger partial charge in [0.1, 0.15) is 0 Å². The lowest BCUT2D eigenvalue weighted by Crippen LogP contribution is -2.38. The summed E-state index contributed by atoms with van der Waals surface area (Å²) >= 11 is 0. The highest BCUT2D eigenvalue weighted by Crippen LogP contribution is 2.43. The first-order chi connectivity index (χ1) is 9.21. The molecule has 0 heterocycles. The van der Waals surface area contributed by atoms with Gasteiger partial charge in [0.15, 0.2) is 0 Å². The van der Waals surface area contributed by atoms with E-state index in [4.69, 9.17) is 14.2 Å². The van der Waals surface area contributed by atoms with E-state index in [1.807, 2.05) is 0 Å². The summed E-state index contributed by atoms with van der Waals surface area (Å²) in [6.07, 6.45) is 11.6. The average molecular weight is 272 g/mol. The Balaban J connectivity index is 2.35. The molecule has 0 spiro atoms. The second-order valence-electron chi connectivity index (χ2n) is 5.80. The lowest BCUT2D eigenvalue weighted by atomic mass is 9.91. The zero-order valence-electron chi connectivity index (χ0n) is 13.2. The highest BCUT2D eigenvalue weighted by molar-refractivity contribution is 4.83. The van der Waals surface area contributed by atoms with Crippen LogP contribution in [0.1, 0.15) is 64.7 Å². The highest BCUT2D eigenvalue weighted by atomic mass is 16.9. The van der Waals surface area contributed by atoms with E-state index in [-0.39, 0.29) is 0 Å². The minimum absolute atomic E-state index is 0.682. The van der Waals surface area contributed by atoms with Crippen LogP contribution >= 0.6 is 0 Å². The van der Waals surface area contributed by atoms with Crippen molar-refractivity contribution in [3.63, 3.8) is 0 Å².